The topological polar surface area (TPSA) is 55.9 Å². The van der Waals surface area contributed by atoms with Gasteiger partial charge in [0.15, 0.2) is 11.5 Å². The van der Waals surface area contributed by atoms with Crippen molar-refractivity contribution in [1.82, 2.24) is 10.3 Å². The summed E-state index contributed by atoms with van der Waals surface area (Å²) in [6.45, 7) is 4.89. The Morgan fingerprint density at radius 1 is 1.00 bits per heavy atom. The molecule has 0 bridgehead atoms. The molecule has 0 aliphatic carbocycles. The van der Waals surface area contributed by atoms with Crippen molar-refractivity contribution in [3.63, 3.8) is 0 Å². The van der Waals surface area contributed by atoms with Gasteiger partial charge in [0.2, 0.25) is 0 Å². The highest BCUT2D eigenvalue weighted by Crippen LogP contribution is 2.27. The number of nitrogens with one attached hydrogen (secondary N) is 1. The minimum atomic E-state index is 0.745. The molecule has 1 aliphatic heterocycles. The number of rotatable bonds is 7. The third-order valence-corrected chi connectivity index (χ3v) is 4.25. The first-order chi connectivity index (χ1) is 12.3. The van der Waals surface area contributed by atoms with Crippen molar-refractivity contribution in [2.75, 3.05) is 45.4 Å². The van der Waals surface area contributed by atoms with Gasteiger partial charge in [0, 0.05) is 32.4 Å². The van der Waals surface area contributed by atoms with E-state index in [1.54, 1.807) is 14.2 Å². The molecule has 6 nitrogen and oxygen atoms in total. The van der Waals surface area contributed by atoms with Gasteiger partial charge in [-0.3, -0.25) is 0 Å². The lowest BCUT2D eigenvalue weighted by molar-refractivity contribution is 0.122. The van der Waals surface area contributed by atoms with Gasteiger partial charge in [-0.1, -0.05) is 12.1 Å². The lowest BCUT2D eigenvalue weighted by Gasteiger charge is -2.27. The van der Waals surface area contributed by atoms with E-state index in [-0.39, 0.29) is 0 Å². The number of ether oxygens (including phenoxy) is 3. The van der Waals surface area contributed by atoms with Crippen LogP contribution in [0.3, 0.4) is 0 Å². The van der Waals surface area contributed by atoms with Gasteiger partial charge >= 0.3 is 0 Å². The lowest BCUT2D eigenvalue weighted by Crippen LogP contribution is -2.36. The van der Waals surface area contributed by atoms with Crippen molar-refractivity contribution in [3.05, 3.63) is 47.7 Å². The number of anilines is 1. The summed E-state index contributed by atoms with van der Waals surface area (Å²) in [5, 5.41) is 3.44. The van der Waals surface area contributed by atoms with E-state index in [1.165, 1.54) is 0 Å². The average molecular weight is 343 g/mol. The molecule has 3 rings (SSSR count). The molecule has 1 N–H and O–H groups in total. The number of nitrogens with zero attached hydrogens (tertiary/aromatic N) is 2. The zero-order valence-corrected chi connectivity index (χ0v) is 14.8. The molecule has 0 unspecified atom stereocenters. The molecule has 1 aromatic heterocycles. The number of hydrogen-bond acceptors (Lipinski definition) is 6. The Hall–Kier alpha value is -2.31. The lowest BCUT2D eigenvalue weighted by atomic mass is 10.2. The minimum absolute atomic E-state index is 0.745. The fourth-order valence-electron chi connectivity index (χ4n) is 2.84. The van der Waals surface area contributed by atoms with E-state index in [0.29, 0.717) is 0 Å². The van der Waals surface area contributed by atoms with Gasteiger partial charge in [-0.15, -0.1) is 0 Å². The summed E-state index contributed by atoms with van der Waals surface area (Å²) in [4.78, 5) is 6.83. The number of methoxy groups -OCH3 is 2. The first-order valence-electron chi connectivity index (χ1n) is 8.49. The quantitative estimate of drug-likeness (QED) is 0.832. The molecule has 1 fully saturated rings. The Morgan fingerprint density at radius 2 is 1.72 bits per heavy atom. The molecule has 0 spiro atoms. The molecule has 1 aliphatic rings. The van der Waals surface area contributed by atoms with E-state index in [4.69, 9.17) is 14.2 Å². The number of pyridine rings is 1. The maximum absolute atomic E-state index is 5.37. The summed E-state index contributed by atoms with van der Waals surface area (Å²) in [5.41, 5.74) is 2.31. The average Bonchev–Trinajstić information content (AvgIpc) is 2.69. The Labute approximate surface area is 148 Å². The van der Waals surface area contributed by atoms with Gasteiger partial charge in [0.1, 0.15) is 5.82 Å². The van der Waals surface area contributed by atoms with Crippen molar-refractivity contribution >= 4 is 5.82 Å². The molecule has 0 radical (unpaired) electrons. The van der Waals surface area contributed by atoms with Crippen LogP contribution in [-0.4, -0.2) is 45.5 Å². The van der Waals surface area contributed by atoms with Crippen LogP contribution in [0.5, 0.6) is 11.5 Å². The molecular weight excluding hydrogens is 318 g/mol. The van der Waals surface area contributed by atoms with E-state index in [9.17, 15) is 0 Å². The van der Waals surface area contributed by atoms with E-state index >= 15 is 0 Å². The molecule has 1 aromatic carbocycles. The number of hydrogen-bond donors (Lipinski definition) is 1. The fraction of sp³-hybridized carbons (Fsp3) is 0.421. The minimum Gasteiger partial charge on any atom is -0.493 e. The summed E-state index contributed by atoms with van der Waals surface area (Å²) < 4.78 is 16.0. The first-order valence-corrected chi connectivity index (χ1v) is 8.49. The standard InChI is InChI=1S/C19H25N3O3/c1-23-17-5-3-15(11-18(17)24-2)12-20-13-16-4-6-19(21-14-16)22-7-9-25-10-8-22/h3-6,11,14,20H,7-10,12-13H2,1-2H3. The second-order valence-electron chi connectivity index (χ2n) is 5.92. The third-order valence-electron chi connectivity index (χ3n) is 4.25. The summed E-state index contributed by atoms with van der Waals surface area (Å²) in [6, 6.07) is 10.2. The maximum atomic E-state index is 5.37. The zero-order chi connectivity index (χ0) is 17.5. The highest BCUT2D eigenvalue weighted by atomic mass is 16.5. The van der Waals surface area contributed by atoms with Crippen molar-refractivity contribution < 1.29 is 14.2 Å². The molecule has 6 heteroatoms. The largest absolute Gasteiger partial charge is 0.493 e. The number of aromatic nitrogens is 1. The van der Waals surface area contributed by atoms with Crippen LogP contribution in [0.25, 0.3) is 0 Å². The number of benzene rings is 1. The summed E-state index contributed by atoms with van der Waals surface area (Å²) in [7, 11) is 3.29. The monoisotopic (exact) mass is 343 g/mol. The van der Waals surface area contributed by atoms with Crippen LogP contribution in [0.15, 0.2) is 36.5 Å². The second-order valence-corrected chi connectivity index (χ2v) is 5.92. The number of morpholine rings is 1. The van der Waals surface area contributed by atoms with Crippen LogP contribution in [0.2, 0.25) is 0 Å². The van der Waals surface area contributed by atoms with Crippen LogP contribution < -0.4 is 19.7 Å². The van der Waals surface area contributed by atoms with Crippen molar-refractivity contribution in [2.24, 2.45) is 0 Å². The van der Waals surface area contributed by atoms with Gasteiger partial charge in [-0.25, -0.2) is 4.98 Å². The Bertz CT molecular complexity index is 670. The van der Waals surface area contributed by atoms with Crippen LogP contribution in [0.4, 0.5) is 5.82 Å². The second kappa shape index (κ2) is 8.69. The van der Waals surface area contributed by atoms with Crippen LogP contribution >= 0.6 is 0 Å². The molecule has 2 aromatic rings. The normalized spacial score (nSPS) is 14.4. The Balaban J connectivity index is 1.52. The SMILES string of the molecule is COc1ccc(CNCc2ccc(N3CCOCC3)nc2)cc1OC. The van der Waals surface area contributed by atoms with Crippen LogP contribution in [0.1, 0.15) is 11.1 Å². The third kappa shape index (κ3) is 4.61. The molecular formula is C19H25N3O3. The zero-order valence-electron chi connectivity index (χ0n) is 14.8. The van der Waals surface area contributed by atoms with Gasteiger partial charge < -0.3 is 24.4 Å². The predicted molar refractivity (Wildman–Crippen MR) is 97.4 cm³/mol. The van der Waals surface area contributed by atoms with Crippen LogP contribution in [-0.2, 0) is 17.8 Å². The highest BCUT2D eigenvalue weighted by Gasteiger charge is 2.11. The summed E-state index contributed by atoms with van der Waals surface area (Å²) in [6.07, 6.45) is 1.94. The van der Waals surface area contributed by atoms with E-state index in [0.717, 1.165) is 67.8 Å². The van der Waals surface area contributed by atoms with Crippen molar-refractivity contribution in [3.8, 4) is 11.5 Å². The summed E-state index contributed by atoms with van der Waals surface area (Å²) >= 11 is 0. The smallest absolute Gasteiger partial charge is 0.161 e. The van der Waals surface area contributed by atoms with Crippen LogP contribution in [0, 0.1) is 0 Å². The fourth-order valence-corrected chi connectivity index (χ4v) is 2.84. The van der Waals surface area contributed by atoms with E-state index in [1.807, 2.05) is 24.4 Å². The summed E-state index contributed by atoms with van der Waals surface area (Å²) in [5.74, 6) is 2.51. The van der Waals surface area contributed by atoms with Crippen molar-refractivity contribution in [1.29, 1.82) is 0 Å². The molecule has 2 heterocycles. The predicted octanol–water partition coefficient (Wildman–Crippen LogP) is 2.23. The van der Waals surface area contributed by atoms with Crippen molar-refractivity contribution in [2.45, 2.75) is 13.1 Å². The highest BCUT2D eigenvalue weighted by molar-refractivity contribution is 5.43. The molecule has 0 atom stereocenters. The molecule has 0 saturated carbocycles. The molecule has 0 amide bonds. The van der Waals surface area contributed by atoms with Gasteiger partial charge in [-0.05, 0) is 29.3 Å². The Morgan fingerprint density at radius 3 is 2.40 bits per heavy atom. The first kappa shape index (κ1) is 17.5. The Kier molecular flexibility index (Phi) is 6.09. The van der Waals surface area contributed by atoms with E-state index in [2.05, 4.69) is 27.3 Å². The van der Waals surface area contributed by atoms with Gasteiger partial charge in [-0.2, -0.15) is 0 Å². The van der Waals surface area contributed by atoms with Gasteiger partial charge in [0.05, 0.1) is 27.4 Å². The molecule has 134 valence electrons. The van der Waals surface area contributed by atoms with E-state index < -0.39 is 0 Å². The van der Waals surface area contributed by atoms with Gasteiger partial charge in [0.25, 0.3) is 0 Å². The molecule has 25 heavy (non-hydrogen) atoms. The molecule has 1 saturated heterocycles. The maximum Gasteiger partial charge on any atom is 0.161 e.